The standard InChI is InChI=1S/C14H20BrFN2O2Si/c1-17-13-11(6-5-10(15)12(13)16)18(14(17)19)9-20-7-8-21(2,3)4/h5-6H,7-9H2,1-4H3. The smallest absolute Gasteiger partial charge is 0.330 e. The van der Waals surface area contributed by atoms with E-state index in [9.17, 15) is 9.18 Å². The number of benzene rings is 1. The van der Waals surface area contributed by atoms with Crippen molar-refractivity contribution in [2.24, 2.45) is 7.05 Å². The van der Waals surface area contributed by atoms with Gasteiger partial charge in [-0.1, -0.05) is 19.6 Å². The molecule has 0 aliphatic rings. The van der Waals surface area contributed by atoms with Gasteiger partial charge >= 0.3 is 5.69 Å². The zero-order chi connectivity index (χ0) is 15.8. The van der Waals surface area contributed by atoms with Crippen molar-refractivity contribution in [3.05, 3.63) is 32.9 Å². The Kier molecular flexibility index (Phi) is 4.75. The summed E-state index contributed by atoms with van der Waals surface area (Å²) < 4.78 is 22.9. The second kappa shape index (κ2) is 6.06. The molecule has 0 N–H and O–H groups in total. The van der Waals surface area contributed by atoms with E-state index in [4.69, 9.17) is 4.74 Å². The van der Waals surface area contributed by atoms with Crippen molar-refractivity contribution in [2.45, 2.75) is 32.4 Å². The summed E-state index contributed by atoms with van der Waals surface area (Å²) in [7, 11) is 0.411. The van der Waals surface area contributed by atoms with Gasteiger partial charge in [0, 0.05) is 21.7 Å². The minimum Gasteiger partial charge on any atom is -0.361 e. The molecule has 0 saturated heterocycles. The lowest BCUT2D eigenvalue weighted by Gasteiger charge is -2.15. The molecule has 1 aromatic heterocycles. The fourth-order valence-corrected chi connectivity index (χ4v) is 3.18. The molecule has 0 radical (unpaired) electrons. The fraction of sp³-hybridized carbons (Fsp3) is 0.500. The third-order valence-electron chi connectivity index (χ3n) is 3.41. The minimum atomic E-state index is -1.16. The Labute approximate surface area is 132 Å². The van der Waals surface area contributed by atoms with Gasteiger partial charge in [0.25, 0.3) is 0 Å². The number of halogens is 2. The van der Waals surface area contributed by atoms with Crippen molar-refractivity contribution in [3.8, 4) is 0 Å². The lowest BCUT2D eigenvalue weighted by atomic mass is 10.3. The van der Waals surface area contributed by atoms with Crippen LogP contribution in [0.15, 0.2) is 21.4 Å². The van der Waals surface area contributed by atoms with Crippen LogP contribution in [0.5, 0.6) is 0 Å². The van der Waals surface area contributed by atoms with Gasteiger partial charge in [-0.25, -0.2) is 9.18 Å². The maximum Gasteiger partial charge on any atom is 0.330 e. The van der Waals surface area contributed by atoms with E-state index in [2.05, 4.69) is 35.6 Å². The Balaban J connectivity index is 2.27. The van der Waals surface area contributed by atoms with Gasteiger partial charge in [0.2, 0.25) is 0 Å². The highest BCUT2D eigenvalue weighted by molar-refractivity contribution is 9.10. The molecule has 2 rings (SSSR count). The van der Waals surface area contributed by atoms with Gasteiger partial charge in [0.1, 0.15) is 12.2 Å². The predicted octanol–water partition coefficient (Wildman–Crippen LogP) is 3.55. The quantitative estimate of drug-likeness (QED) is 0.592. The zero-order valence-corrected chi connectivity index (χ0v) is 15.3. The first-order chi connectivity index (χ1) is 9.72. The van der Waals surface area contributed by atoms with E-state index in [0.717, 1.165) is 6.04 Å². The highest BCUT2D eigenvalue weighted by Gasteiger charge is 2.17. The van der Waals surface area contributed by atoms with Gasteiger partial charge in [-0.3, -0.25) is 9.13 Å². The molecule has 0 fully saturated rings. The Morgan fingerprint density at radius 1 is 1.33 bits per heavy atom. The Morgan fingerprint density at radius 2 is 2.00 bits per heavy atom. The van der Waals surface area contributed by atoms with Gasteiger partial charge in [-0.05, 0) is 34.1 Å². The summed E-state index contributed by atoms with van der Waals surface area (Å²) in [5, 5.41) is 0. The summed E-state index contributed by atoms with van der Waals surface area (Å²) in [5.41, 5.74) is 0.578. The van der Waals surface area contributed by atoms with E-state index in [-0.39, 0.29) is 12.4 Å². The number of rotatable bonds is 5. The lowest BCUT2D eigenvalue weighted by molar-refractivity contribution is 0.0873. The molecular weight excluding hydrogens is 355 g/mol. The molecule has 0 aliphatic heterocycles. The van der Waals surface area contributed by atoms with E-state index < -0.39 is 13.9 Å². The van der Waals surface area contributed by atoms with Crippen LogP contribution >= 0.6 is 15.9 Å². The van der Waals surface area contributed by atoms with Crippen LogP contribution in [-0.4, -0.2) is 23.8 Å². The summed E-state index contributed by atoms with van der Waals surface area (Å²) in [4.78, 5) is 12.2. The lowest BCUT2D eigenvalue weighted by Crippen LogP contribution is -2.25. The maximum atomic E-state index is 14.1. The molecule has 116 valence electrons. The number of aryl methyl sites for hydroxylation is 1. The van der Waals surface area contributed by atoms with Crippen LogP contribution in [0.25, 0.3) is 11.0 Å². The number of hydrogen-bond donors (Lipinski definition) is 0. The summed E-state index contributed by atoms with van der Waals surface area (Å²) in [6.07, 6.45) is 0. The molecule has 1 heterocycles. The third kappa shape index (κ3) is 3.46. The molecule has 0 aliphatic carbocycles. The van der Waals surface area contributed by atoms with E-state index in [1.807, 2.05) is 0 Å². The summed E-state index contributed by atoms with van der Waals surface area (Å²) >= 11 is 3.14. The van der Waals surface area contributed by atoms with Crippen molar-refractivity contribution in [1.82, 2.24) is 9.13 Å². The zero-order valence-electron chi connectivity index (χ0n) is 12.7. The third-order valence-corrected chi connectivity index (χ3v) is 5.73. The normalized spacial score (nSPS) is 12.3. The second-order valence-corrected chi connectivity index (χ2v) is 12.8. The van der Waals surface area contributed by atoms with E-state index >= 15 is 0 Å². The van der Waals surface area contributed by atoms with E-state index in [1.165, 1.54) is 9.13 Å². The first kappa shape index (κ1) is 16.4. The summed E-state index contributed by atoms with van der Waals surface area (Å²) in [6.45, 7) is 7.59. The number of hydrogen-bond acceptors (Lipinski definition) is 2. The molecule has 4 nitrogen and oxygen atoms in total. The van der Waals surface area contributed by atoms with Crippen LogP contribution < -0.4 is 5.69 Å². The average Bonchev–Trinajstić information content (AvgIpc) is 2.62. The predicted molar refractivity (Wildman–Crippen MR) is 88.9 cm³/mol. The Bertz CT molecular complexity index is 718. The van der Waals surface area contributed by atoms with Crippen LogP contribution in [0, 0.1) is 5.82 Å². The fourth-order valence-electron chi connectivity index (χ4n) is 2.11. The van der Waals surface area contributed by atoms with Gasteiger partial charge in [0.05, 0.1) is 9.99 Å². The first-order valence-electron chi connectivity index (χ1n) is 6.83. The molecular formula is C14H20BrFN2O2Si. The van der Waals surface area contributed by atoms with Crippen molar-refractivity contribution in [1.29, 1.82) is 0 Å². The highest BCUT2D eigenvalue weighted by Crippen LogP contribution is 2.24. The molecule has 0 saturated carbocycles. The van der Waals surface area contributed by atoms with Crippen LogP contribution in [0.4, 0.5) is 4.39 Å². The summed E-state index contributed by atoms with van der Waals surface area (Å²) in [6, 6.07) is 4.37. The van der Waals surface area contributed by atoms with Gasteiger partial charge in [0.15, 0.2) is 5.82 Å². The van der Waals surface area contributed by atoms with E-state index in [1.54, 1.807) is 19.2 Å². The molecule has 21 heavy (non-hydrogen) atoms. The Hall–Kier alpha value is -0.923. The van der Waals surface area contributed by atoms with Crippen molar-refractivity contribution >= 4 is 35.0 Å². The average molecular weight is 375 g/mol. The molecule has 0 atom stereocenters. The number of fused-ring (bicyclic) bond motifs is 1. The molecule has 0 bridgehead atoms. The van der Waals surface area contributed by atoms with Crippen molar-refractivity contribution < 1.29 is 9.13 Å². The molecule has 0 amide bonds. The summed E-state index contributed by atoms with van der Waals surface area (Å²) in [5.74, 6) is -0.423. The number of aromatic nitrogens is 2. The topological polar surface area (TPSA) is 36.2 Å². The molecule has 0 spiro atoms. The monoisotopic (exact) mass is 374 g/mol. The van der Waals surface area contributed by atoms with Gasteiger partial charge < -0.3 is 4.74 Å². The second-order valence-electron chi connectivity index (χ2n) is 6.35. The number of nitrogens with zero attached hydrogens (tertiary/aromatic N) is 2. The molecule has 2 aromatic rings. The van der Waals surface area contributed by atoms with Crippen molar-refractivity contribution in [2.75, 3.05) is 6.61 Å². The SMILES string of the molecule is Cn1c(=O)n(COCC[Si](C)(C)C)c2ccc(Br)c(F)c21. The van der Waals surface area contributed by atoms with Crippen LogP contribution in [0.3, 0.4) is 0 Å². The van der Waals surface area contributed by atoms with Crippen LogP contribution in [0.1, 0.15) is 0 Å². The number of ether oxygens (including phenoxy) is 1. The van der Waals surface area contributed by atoms with E-state index in [0.29, 0.717) is 22.1 Å². The van der Waals surface area contributed by atoms with Crippen molar-refractivity contribution in [3.63, 3.8) is 0 Å². The molecule has 0 unspecified atom stereocenters. The molecule has 1 aromatic carbocycles. The first-order valence-corrected chi connectivity index (χ1v) is 11.3. The number of imidazole rings is 1. The van der Waals surface area contributed by atoms with Gasteiger partial charge in [-0.15, -0.1) is 0 Å². The van der Waals surface area contributed by atoms with Crippen LogP contribution in [-0.2, 0) is 18.5 Å². The molecule has 7 heteroatoms. The Morgan fingerprint density at radius 3 is 2.62 bits per heavy atom. The minimum absolute atomic E-state index is 0.154. The maximum absolute atomic E-state index is 14.1. The largest absolute Gasteiger partial charge is 0.361 e. The highest BCUT2D eigenvalue weighted by atomic mass is 79.9. The van der Waals surface area contributed by atoms with Crippen LogP contribution in [0.2, 0.25) is 25.7 Å². The van der Waals surface area contributed by atoms with Gasteiger partial charge in [-0.2, -0.15) is 0 Å².